The predicted octanol–water partition coefficient (Wildman–Crippen LogP) is -1.56. The molecule has 1 saturated carbocycles. The lowest BCUT2D eigenvalue weighted by atomic mass is 9.95. The predicted molar refractivity (Wildman–Crippen MR) is 90.4 cm³/mol. The molecular formula is C14H24ClN3O5S2. The minimum absolute atomic E-state index is 0. The van der Waals surface area contributed by atoms with Gasteiger partial charge in [-0.2, -0.15) is 0 Å². The van der Waals surface area contributed by atoms with Gasteiger partial charge in [-0.15, -0.1) is 12.4 Å². The van der Waals surface area contributed by atoms with Crippen molar-refractivity contribution in [2.45, 2.75) is 50.0 Å². The minimum Gasteiger partial charge on any atom is -1.00 e. The van der Waals surface area contributed by atoms with E-state index in [0.717, 1.165) is 19.3 Å². The highest BCUT2D eigenvalue weighted by molar-refractivity contribution is 7.90. The number of rotatable bonds is 6. The van der Waals surface area contributed by atoms with Crippen LogP contribution in [0.25, 0.3) is 0 Å². The van der Waals surface area contributed by atoms with Gasteiger partial charge in [-0.25, -0.2) is 13.0 Å². The van der Waals surface area contributed by atoms with Crippen LogP contribution in [-0.2, 0) is 20.3 Å². The molecule has 0 amide bonds. The quantitative estimate of drug-likeness (QED) is 0.224. The summed E-state index contributed by atoms with van der Waals surface area (Å²) < 4.78 is 58.3. The Morgan fingerprint density at radius 1 is 1.12 bits per heavy atom. The van der Waals surface area contributed by atoms with Crippen molar-refractivity contribution in [1.82, 2.24) is 4.83 Å². The molecule has 4 N–H and O–H groups in total. The van der Waals surface area contributed by atoms with Gasteiger partial charge in [-0.3, -0.25) is 0 Å². The van der Waals surface area contributed by atoms with E-state index in [1.165, 1.54) is 31.2 Å². The zero-order valence-electron chi connectivity index (χ0n) is 13.9. The molecule has 0 heterocycles. The number of anilines is 1. The highest BCUT2D eigenvalue weighted by Crippen LogP contribution is 2.30. The first kappa shape index (κ1) is 22.1. The smallest absolute Gasteiger partial charge is 0.452 e. The number of sulfonamides is 1. The lowest BCUT2D eigenvalue weighted by Gasteiger charge is -2.39. The van der Waals surface area contributed by atoms with E-state index in [1.54, 1.807) is 0 Å². The second kappa shape index (κ2) is 8.19. The van der Waals surface area contributed by atoms with Crippen LogP contribution in [0.3, 0.4) is 0 Å². The molecule has 1 aliphatic rings. The summed E-state index contributed by atoms with van der Waals surface area (Å²) in [6.07, 6.45) is 3.61. The maximum absolute atomic E-state index is 12.7. The molecule has 0 aliphatic heterocycles. The molecule has 2 rings (SSSR count). The number of quaternary nitrogens is 1. The summed E-state index contributed by atoms with van der Waals surface area (Å²) in [6, 6.07) is 4.91. The molecule has 0 aromatic heterocycles. The van der Waals surface area contributed by atoms with Gasteiger partial charge >= 0.3 is 10.3 Å². The Bertz CT molecular complexity index is 777. The lowest BCUT2D eigenvalue weighted by Crippen LogP contribution is -3.00. The number of hydrogen-bond donors (Lipinski definition) is 3. The Balaban J connectivity index is 0.00000312. The van der Waals surface area contributed by atoms with E-state index in [1.807, 2.05) is 0 Å². The molecule has 0 saturated heterocycles. The Hall–Kier alpha value is -0.910. The highest BCUT2D eigenvalue weighted by Gasteiger charge is 2.51. The first-order valence-corrected chi connectivity index (χ1v) is 10.8. The minimum atomic E-state index is -4.70. The second-order valence-electron chi connectivity index (χ2n) is 6.02. The van der Waals surface area contributed by atoms with Crippen LogP contribution < -0.4 is 23.0 Å². The summed E-state index contributed by atoms with van der Waals surface area (Å²) in [7, 11) is -8.85. The van der Waals surface area contributed by atoms with Crippen molar-refractivity contribution < 1.29 is 37.8 Å². The standard InChI is InChI=1S/C14H23N3O5S2.ClH/c1-2-17(24(20,21)22,13-6-4-3-5-7-13)16-23(18,19)14-10-8-12(15)9-11-14;/h8-11,13,16H,2-7,15H2,1H3;1H. The van der Waals surface area contributed by atoms with Crippen molar-refractivity contribution in [1.29, 1.82) is 0 Å². The second-order valence-corrected chi connectivity index (χ2v) is 9.22. The fourth-order valence-electron chi connectivity index (χ4n) is 3.20. The van der Waals surface area contributed by atoms with Crippen LogP contribution >= 0.6 is 0 Å². The van der Waals surface area contributed by atoms with E-state index in [4.69, 9.17) is 5.73 Å². The zero-order chi connectivity index (χ0) is 18.0. The first-order valence-electron chi connectivity index (χ1n) is 7.87. The van der Waals surface area contributed by atoms with E-state index in [-0.39, 0.29) is 23.8 Å². The number of nitrogens with zero attached hydrogens (tertiary/aromatic N) is 1. The van der Waals surface area contributed by atoms with Crippen LogP contribution in [0.15, 0.2) is 29.2 Å². The molecule has 0 bridgehead atoms. The molecule has 25 heavy (non-hydrogen) atoms. The Morgan fingerprint density at radius 3 is 2.08 bits per heavy atom. The van der Waals surface area contributed by atoms with Crippen LogP contribution in [0.4, 0.5) is 5.69 Å². The van der Waals surface area contributed by atoms with Gasteiger partial charge in [0.25, 0.3) is 10.0 Å². The maximum atomic E-state index is 12.7. The van der Waals surface area contributed by atoms with Crippen molar-refractivity contribution in [3.63, 3.8) is 0 Å². The number of nitrogens with two attached hydrogens (primary N) is 1. The average Bonchev–Trinajstić information content (AvgIpc) is 2.52. The summed E-state index contributed by atoms with van der Waals surface area (Å²) >= 11 is 0. The fourth-order valence-corrected chi connectivity index (χ4v) is 6.07. The summed E-state index contributed by atoms with van der Waals surface area (Å²) in [4.78, 5) is 2.13. The SMILES string of the molecule is CC[N+](NS(=O)(=O)c1ccc(N)cc1)(C1CCCCC1)S(=O)(=O)O.[Cl-]. The summed E-state index contributed by atoms with van der Waals surface area (Å²) in [5.41, 5.74) is 5.95. The van der Waals surface area contributed by atoms with Crippen molar-refractivity contribution >= 4 is 26.0 Å². The molecule has 0 spiro atoms. The number of nitrogens with one attached hydrogen (secondary N) is 1. The zero-order valence-corrected chi connectivity index (χ0v) is 16.3. The third kappa shape index (κ3) is 4.63. The van der Waals surface area contributed by atoms with Gasteiger partial charge < -0.3 is 18.1 Å². The molecule has 1 aromatic carbocycles. The van der Waals surface area contributed by atoms with Crippen LogP contribution in [0, 0.1) is 0 Å². The molecule has 1 aromatic rings. The molecule has 144 valence electrons. The lowest BCUT2D eigenvalue weighted by molar-refractivity contribution is -0.867. The van der Waals surface area contributed by atoms with Crippen LogP contribution in [0.1, 0.15) is 39.0 Å². The monoisotopic (exact) mass is 413 g/mol. The molecule has 11 heteroatoms. The molecule has 1 unspecified atom stereocenters. The van der Waals surface area contributed by atoms with E-state index in [9.17, 15) is 21.4 Å². The van der Waals surface area contributed by atoms with E-state index in [2.05, 4.69) is 4.83 Å². The van der Waals surface area contributed by atoms with Gasteiger partial charge in [0.05, 0.1) is 4.90 Å². The van der Waals surface area contributed by atoms with Gasteiger partial charge in [0.1, 0.15) is 12.6 Å². The summed E-state index contributed by atoms with van der Waals surface area (Å²) in [6.45, 7) is 1.42. The third-order valence-corrected chi connectivity index (χ3v) is 7.56. The Kier molecular flexibility index (Phi) is 7.25. The number of halogens is 1. The molecule has 0 radical (unpaired) electrons. The molecule has 8 nitrogen and oxygen atoms in total. The normalized spacial score (nSPS) is 19.0. The maximum Gasteiger partial charge on any atom is 0.452 e. The van der Waals surface area contributed by atoms with Crippen molar-refractivity contribution in [3.8, 4) is 0 Å². The van der Waals surface area contributed by atoms with Crippen LogP contribution in [0.5, 0.6) is 0 Å². The van der Waals surface area contributed by atoms with Crippen molar-refractivity contribution in [2.75, 3.05) is 12.3 Å². The fraction of sp³-hybridized carbons (Fsp3) is 0.571. The Morgan fingerprint density at radius 2 is 1.64 bits per heavy atom. The van der Waals surface area contributed by atoms with Gasteiger partial charge in [0.2, 0.25) is 0 Å². The highest BCUT2D eigenvalue weighted by atomic mass is 35.5. The first-order chi connectivity index (χ1) is 11.1. The van der Waals surface area contributed by atoms with Crippen LogP contribution in [-0.4, -0.2) is 38.0 Å². The van der Waals surface area contributed by atoms with E-state index < -0.39 is 30.4 Å². The van der Waals surface area contributed by atoms with Gasteiger partial charge in [-0.1, -0.05) is 6.42 Å². The number of hydrogen-bond acceptors (Lipinski definition) is 5. The summed E-state index contributed by atoms with van der Waals surface area (Å²) in [5.74, 6) is 0. The van der Waals surface area contributed by atoms with Crippen molar-refractivity contribution in [2.24, 2.45) is 0 Å². The van der Waals surface area contributed by atoms with Gasteiger partial charge in [0, 0.05) is 18.5 Å². The molecule has 1 fully saturated rings. The Labute approximate surface area is 155 Å². The average molecular weight is 414 g/mol. The number of benzene rings is 1. The van der Waals surface area contributed by atoms with Crippen LogP contribution in [0.2, 0.25) is 0 Å². The number of nitrogen functional groups attached to an aromatic ring is 1. The topological polar surface area (TPSA) is 127 Å². The molecule has 1 atom stereocenters. The molecular weight excluding hydrogens is 390 g/mol. The van der Waals surface area contributed by atoms with E-state index >= 15 is 0 Å². The van der Waals surface area contributed by atoms with E-state index in [0.29, 0.717) is 18.5 Å². The molecule has 1 aliphatic carbocycles. The third-order valence-electron chi connectivity index (χ3n) is 4.51. The summed E-state index contributed by atoms with van der Waals surface area (Å²) in [5, 5.41) is 0. The van der Waals surface area contributed by atoms with Gasteiger partial charge in [0.15, 0.2) is 0 Å². The van der Waals surface area contributed by atoms with Crippen molar-refractivity contribution in [3.05, 3.63) is 24.3 Å². The largest absolute Gasteiger partial charge is 1.00 e. The van der Waals surface area contributed by atoms with Gasteiger partial charge in [-0.05, 0) is 48.9 Å².